The van der Waals surface area contributed by atoms with Gasteiger partial charge < -0.3 is 0 Å². The van der Waals surface area contributed by atoms with E-state index in [-0.39, 0.29) is 0 Å². The number of aryl methyl sites for hydroxylation is 2. The van der Waals surface area contributed by atoms with E-state index >= 15 is 0 Å². The van der Waals surface area contributed by atoms with Gasteiger partial charge in [0.2, 0.25) is 0 Å². The molecule has 0 unspecified atom stereocenters. The molecule has 3 nitrogen and oxygen atoms in total. The fraction of sp³-hybridized carbons (Fsp3) is 0.786. The van der Waals surface area contributed by atoms with Gasteiger partial charge >= 0.3 is 0 Å². The molecular weight excluding hydrogens is 370 g/mol. The first kappa shape index (κ1) is 15.5. The van der Waals surface area contributed by atoms with Crippen LogP contribution in [0.15, 0.2) is 4.47 Å². The van der Waals surface area contributed by atoms with Gasteiger partial charge in [-0.1, -0.05) is 29.3 Å². The molecule has 0 saturated heterocycles. The van der Waals surface area contributed by atoms with Crippen LogP contribution in [0, 0.1) is 0 Å². The van der Waals surface area contributed by atoms with Crippen molar-refractivity contribution in [3.05, 3.63) is 15.9 Å². The smallest absolute Gasteiger partial charge is 0.0767 e. The average Bonchev–Trinajstić information content (AvgIpc) is 2.60. The van der Waals surface area contributed by atoms with Crippen molar-refractivity contribution in [2.24, 2.45) is 7.05 Å². The predicted molar refractivity (Wildman–Crippen MR) is 86.7 cm³/mol. The van der Waals surface area contributed by atoms with Crippen LogP contribution in [0.5, 0.6) is 0 Å². The van der Waals surface area contributed by atoms with Crippen molar-refractivity contribution in [3.8, 4) is 0 Å². The van der Waals surface area contributed by atoms with Gasteiger partial charge in [0.25, 0.3) is 0 Å². The van der Waals surface area contributed by atoms with E-state index in [0.717, 1.165) is 24.3 Å². The van der Waals surface area contributed by atoms with Crippen molar-refractivity contribution in [3.63, 3.8) is 0 Å². The van der Waals surface area contributed by atoms with E-state index in [4.69, 9.17) is 0 Å². The molecule has 1 aromatic rings. The Labute approximate surface area is 133 Å². The number of aromatic nitrogens is 2. The maximum Gasteiger partial charge on any atom is 0.0767 e. The van der Waals surface area contributed by atoms with E-state index < -0.39 is 0 Å². The molecule has 1 saturated carbocycles. The fourth-order valence-corrected chi connectivity index (χ4v) is 3.58. The zero-order chi connectivity index (χ0) is 13.8. The predicted octanol–water partition coefficient (Wildman–Crippen LogP) is 3.88. The second-order valence-electron chi connectivity index (χ2n) is 5.28. The molecule has 19 heavy (non-hydrogen) atoms. The summed E-state index contributed by atoms with van der Waals surface area (Å²) in [5, 5.41) is 5.69. The van der Waals surface area contributed by atoms with E-state index in [9.17, 15) is 0 Å². The van der Waals surface area contributed by atoms with E-state index in [1.807, 2.05) is 4.68 Å². The molecule has 0 bridgehead atoms. The molecule has 1 aliphatic rings. The Morgan fingerprint density at radius 3 is 2.63 bits per heavy atom. The summed E-state index contributed by atoms with van der Waals surface area (Å²) in [5.74, 6) is 0. The van der Waals surface area contributed by atoms with Crippen LogP contribution in [0.2, 0.25) is 0 Å². The molecule has 0 N–H and O–H groups in total. The molecule has 0 radical (unpaired) electrons. The zero-order valence-corrected chi connectivity index (χ0v) is 15.0. The number of halogens is 2. The topological polar surface area (TPSA) is 21.1 Å². The molecule has 5 heteroatoms. The summed E-state index contributed by atoms with van der Waals surface area (Å²) in [4.78, 5) is 2.63. The van der Waals surface area contributed by atoms with Gasteiger partial charge in [0.05, 0.1) is 15.9 Å². The summed E-state index contributed by atoms with van der Waals surface area (Å²) in [5.41, 5.74) is 2.49. The van der Waals surface area contributed by atoms with Crippen molar-refractivity contribution in [1.82, 2.24) is 14.7 Å². The lowest BCUT2D eigenvalue weighted by atomic mass is 9.91. The Kier molecular flexibility index (Phi) is 5.90. The van der Waals surface area contributed by atoms with Gasteiger partial charge in [-0.2, -0.15) is 5.10 Å². The van der Waals surface area contributed by atoms with E-state index in [1.165, 1.54) is 48.1 Å². The minimum Gasteiger partial charge on any atom is -0.295 e. The van der Waals surface area contributed by atoms with Crippen molar-refractivity contribution in [2.75, 3.05) is 11.9 Å². The summed E-state index contributed by atoms with van der Waals surface area (Å²) in [6.45, 7) is 4.35. The lowest BCUT2D eigenvalue weighted by molar-refractivity contribution is 0.117. The summed E-state index contributed by atoms with van der Waals surface area (Å²) < 4.78 is 3.25. The summed E-state index contributed by atoms with van der Waals surface area (Å²) in [7, 11) is 2.06. The standard InChI is InChI=1S/C14H23Br2N3/c1-3-12-14(16)13(18(2)17-12)10-19(9-5-8-15)11-6-4-7-11/h11H,3-10H2,1-2H3. The lowest BCUT2D eigenvalue weighted by Crippen LogP contribution is -2.40. The maximum atomic E-state index is 4.60. The molecular formula is C14H23Br2N3. The van der Waals surface area contributed by atoms with Crippen molar-refractivity contribution < 1.29 is 0 Å². The normalized spacial score (nSPS) is 16.1. The minimum absolute atomic E-state index is 0.783. The third-order valence-electron chi connectivity index (χ3n) is 4.03. The highest BCUT2D eigenvalue weighted by atomic mass is 79.9. The van der Waals surface area contributed by atoms with Crippen LogP contribution in [0.4, 0.5) is 0 Å². The fourth-order valence-electron chi connectivity index (χ4n) is 2.59. The van der Waals surface area contributed by atoms with Crippen molar-refractivity contribution >= 4 is 31.9 Å². The number of nitrogens with zero attached hydrogens (tertiary/aromatic N) is 3. The second kappa shape index (κ2) is 7.23. The first-order valence-electron chi connectivity index (χ1n) is 7.17. The Balaban J connectivity index is 2.09. The van der Waals surface area contributed by atoms with E-state index in [0.29, 0.717) is 0 Å². The van der Waals surface area contributed by atoms with Crippen LogP contribution in [0.1, 0.15) is 44.0 Å². The zero-order valence-electron chi connectivity index (χ0n) is 11.8. The summed E-state index contributed by atoms with van der Waals surface area (Å²) in [6, 6.07) is 0.783. The Bertz CT molecular complexity index is 413. The van der Waals surface area contributed by atoms with Crippen LogP contribution in [-0.4, -0.2) is 32.6 Å². The minimum atomic E-state index is 0.783. The molecule has 0 aliphatic heterocycles. The molecule has 0 atom stereocenters. The van der Waals surface area contributed by atoms with Gasteiger partial charge in [0, 0.05) is 25.0 Å². The van der Waals surface area contributed by atoms with Crippen molar-refractivity contribution in [2.45, 2.75) is 51.6 Å². The summed E-state index contributed by atoms with van der Waals surface area (Å²) in [6.07, 6.45) is 6.31. The first-order chi connectivity index (χ1) is 9.17. The van der Waals surface area contributed by atoms with Crippen LogP contribution in [-0.2, 0) is 20.0 Å². The van der Waals surface area contributed by atoms with Gasteiger partial charge in [-0.25, -0.2) is 0 Å². The van der Waals surface area contributed by atoms with Crippen LogP contribution in [0.3, 0.4) is 0 Å². The van der Waals surface area contributed by atoms with Crippen LogP contribution in [0.25, 0.3) is 0 Å². The molecule has 0 spiro atoms. The summed E-state index contributed by atoms with van der Waals surface area (Å²) >= 11 is 7.27. The monoisotopic (exact) mass is 391 g/mol. The highest BCUT2D eigenvalue weighted by Crippen LogP contribution is 2.29. The van der Waals surface area contributed by atoms with E-state index in [1.54, 1.807) is 0 Å². The largest absolute Gasteiger partial charge is 0.295 e. The quantitative estimate of drug-likeness (QED) is 0.656. The first-order valence-corrected chi connectivity index (χ1v) is 9.09. The molecule has 0 aromatic carbocycles. The number of hydrogen-bond donors (Lipinski definition) is 0. The maximum absolute atomic E-state index is 4.60. The van der Waals surface area contributed by atoms with Crippen molar-refractivity contribution in [1.29, 1.82) is 0 Å². The Morgan fingerprint density at radius 1 is 1.42 bits per heavy atom. The molecule has 1 aromatic heterocycles. The number of rotatable bonds is 7. The molecule has 0 amide bonds. The number of alkyl halides is 1. The molecule has 108 valence electrons. The average molecular weight is 393 g/mol. The van der Waals surface area contributed by atoms with Gasteiger partial charge in [-0.05, 0) is 48.2 Å². The van der Waals surface area contributed by atoms with Gasteiger partial charge in [0.1, 0.15) is 0 Å². The highest BCUT2D eigenvalue weighted by Gasteiger charge is 2.26. The third-order valence-corrected chi connectivity index (χ3v) is 5.50. The van der Waals surface area contributed by atoms with E-state index in [2.05, 4.69) is 55.8 Å². The molecule has 1 heterocycles. The second-order valence-corrected chi connectivity index (χ2v) is 6.87. The molecule has 1 fully saturated rings. The van der Waals surface area contributed by atoms with Crippen LogP contribution >= 0.6 is 31.9 Å². The SMILES string of the molecule is CCc1nn(C)c(CN(CCCBr)C2CCC2)c1Br. The molecule has 2 rings (SSSR count). The lowest BCUT2D eigenvalue weighted by Gasteiger charge is -2.37. The Hall–Kier alpha value is 0.130. The molecule has 1 aliphatic carbocycles. The van der Waals surface area contributed by atoms with Gasteiger partial charge in [-0.3, -0.25) is 9.58 Å². The Morgan fingerprint density at radius 2 is 2.16 bits per heavy atom. The van der Waals surface area contributed by atoms with Gasteiger partial charge in [0.15, 0.2) is 0 Å². The van der Waals surface area contributed by atoms with Crippen LogP contribution < -0.4 is 0 Å². The number of hydrogen-bond acceptors (Lipinski definition) is 2. The van der Waals surface area contributed by atoms with Gasteiger partial charge in [-0.15, -0.1) is 0 Å². The third kappa shape index (κ3) is 3.61. The highest BCUT2D eigenvalue weighted by molar-refractivity contribution is 9.10.